The van der Waals surface area contributed by atoms with Gasteiger partial charge in [0.15, 0.2) is 0 Å². The molecule has 2 aromatic rings. The van der Waals surface area contributed by atoms with Gasteiger partial charge < -0.3 is 4.74 Å². The highest BCUT2D eigenvalue weighted by atomic mass is 32.2. The molecule has 0 saturated carbocycles. The summed E-state index contributed by atoms with van der Waals surface area (Å²) in [6, 6.07) is 5.54. The highest BCUT2D eigenvalue weighted by molar-refractivity contribution is 7.97. The van der Waals surface area contributed by atoms with E-state index in [9.17, 15) is 22.0 Å². The Morgan fingerprint density at radius 3 is 2.38 bits per heavy atom. The monoisotopic (exact) mass is 389 g/mol. The molecule has 1 aromatic carbocycles. The fourth-order valence-electron chi connectivity index (χ4n) is 2.19. The molecule has 0 amide bonds. The van der Waals surface area contributed by atoms with Crippen molar-refractivity contribution in [2.45, 2.75) is 23.7 Å². The normalized spacial score (nSPS) is 12.9. The van der Waals surface area contributed by atoms with Crippen LogP contribution in [0.25, 0.3) is 0 Å². The summed E-state index contributed by atoms with van der Waals surface area (Å²) in [5, 5.41) is 8.84. The van der Waals surface area contributed by atoms with Gasteiger partial charge in [0.1, 0.15) is 17.9 Å². The van der Waals surface area contributed by atoms with Gasteiger partial charge in [-0.1, -0.05) is 12.1 Å². The summed E-state index contributed by atoms with van der Waals surface area (Å²) in [5.41, 5.74) is 0.0824. The Bertz CT molecular complexity index is 777. The van der Waals surface area contributed by atoms with Crippen molar-refractivity contribution < 1.29 is 26.7 Å². The van der Waals surface area contributed by atoms with Gasteiger partial charge in [-0.2, -0.15) is 27.2 Å². The van der Waals surface area contributed by atoms with Gasteiger partial charge in [0.2, 0.25) is 0 Å². The van der Waals surface area contributed by atoms with E-state index in [4.69, 9.17) is 5.26 Å². The van der Waals surface area contributed by atoms with Crippen LogP contribution in [0.15, 0.2) is 47.6 Å². The largest absolute Gasteiger partial charge is 0.435 e. The van der Waals surface area contributed by atoms with E-state index in [-0.39, 0.29) is 16.9 Å². The minimum absolute atomic E-state index is 0.140. The second-order valence-corrected chi connectivity index (χ2v) is 6.28. The molecule has 0 spiro atoms. The van der Waals surface area contributed by atoms with Crippen LogP contribution in [0.5, 0.6) is 5.75 Å². The summed E-state index contributed by atoms with van der Waals surface area (Å²) in [6.45, 7) is -3.06. The van der Waals surface area contributed by atoms with Gasteiger partial charge in [0.05, 0.1) is 5.56 Å². The minimum atomic E-state index is -4.62. The molecule has 0 aliphatic heterocycles. The van der Waals surface area contributed by atoms with E-state index < -0.39 is 18.8 Å². The summed E-state index contributed by atoms with van der Waals surface area (Å²) in [7, 11) is 1.24. The maximum absolute atomic E-state index is 13.5. The van der Waals surface area contributed by atoms with Crippen LogP contribution in [-0.4, -0.2) is 29.1 Å². The number of hydrogen-bond donors (Lipinski definition) is 0. The third kappa shape index (κ3) is 5.31. The molecule has 0 aliphatic rings. The zero-order valence-electron chi connectivity index (χ0n) is 13.2. The highest BCUT2D eigenvalue weighted by Gasteiger charge is 2.44. The van der Waals surface area contributed by atoms with Gasteiger partial charge in [-0.15, -0.1) is 0 Å². The third-order valence-electron chi connectivity index (χ3n) is 3.19. The van der Waals surface area contributed by atoms with E-state index in [1.807, 2.05) is 6.07 Å². The molecule has 26 heavy (non-hydrogen) atoms. The molecule has 10 heteroatoms. The van der Waals surface area contributed by atoms with Crippen LogP contribution in [0.3, 0.4) is 0 Å². The number of halogens is 5. The molecular weight excluding hydrogens is 377 g/mol. The number of rotatable bonds is 6. The maximum Gasteiger partial charge on any atom is 0.408 e. The van der Waals surface area contributed by atoms with Crippen molar-refractivity contribution in [2.24, 2.45) is 0 Å². The number of hydrogen-bond acceptors (Lipinski definition) is 5. The Balaban J connectivity index is 2.25. The molecule has 0 fully saturated rings. The van der Waals surface area contributed by atoms with E-state index in [1.54, 1.807) is 0 Å². The summed E-state index contributed by atoms with van der Waals surface area (Å²) in [4.78, 5) is 4.16. The summed E-state index contributed by atoms with van der Waals surface area (Å²) in [6.07, 6.45) is -1.98. The number of nitrogens with zero attached hydrogens (tertiary/aromatic N) is 3. The number of alkyl halides is 5. The van der Waals surface area contributed by atoms with Gasteiger partial charge in [0, 0.05) is 17.3 Å². The average molecular weight is 389 g/mol. The summed E-state index contributed by atoms with van der Waals surface area (Å²) >= 11 is 0.766. The van der Waals surface area contributed by atoms with Crippen LogP contribution in [0.4, 0.5) is 22.0 Å². The first-order valence-corrected chi connectivity index (χ1v) is 7.85. The minimum Gasteiger partial charge on any atom is -0.435 e. The first kappa shape index (κ1) is 19.9. The van der Waals surface area contributed by atoms with E-state index >= 15 is 0 Å². The molecule has 0 bridgehead atoms. The van der Waals surface area contributed by atoms with E-state index in [2.05, 4.69) is 9.72 Å². The van der Waals surface area contributed by atoms with Crippen LogP contribution >= 0.6 is 11.9 Å². The Kier molecular flexibility index (Phi) is 6.39. The number of pyridine rings is 1. The van der Waals surface area contributed by atoms with Crippen molar-refractivity contribution >= 4 is 11.9 Å². The molecule has 0 aliphatic carbocycles. The molecule has 0 N–H and O–H groups in total. The fourth-order valence-corrected chi connectivity index (χ4v) is 3.15. The zero-order valence-corrected chi connectivity index (χ0v) is 14.1. The predicted molar refractivity (Wildman–Crippen MR) is 84.4 cm³/mol. The molecule has 1 atom stereocenters. The molecule has 1 unspecified atom stereocenters. The first-order chi connectivity index (χ1) is 12.2. The van der Waals surface area contributed by atoms with Gasteiger partial charge >= 0.3 is 12.8 Å². The van der Waals surface area contributed by atoms with Crippen molar-refractivity contribution in [1.82, 2.24) is 9.29 Å². The lowest BCUT2D eigenvalue weighted by molar-refractivity contribution is -0.169. The smallest absolute Gasteiger partial charge is 0.408 e. The quantitative estimate of drug-likeness (QED) is 0.525. The summed E-state index contributed by atoms with van der Waals surface area (Å²) in [5.74, 6) is -0.231. The topological polar surface area (TPSA) is 49.2 Å². The number of aromatic nitrogens is 1. The highest BCUT2D eigenvalue weighted by Crippen LogP contribution is 2.42. The second-order valence-electron chi connectivity index (χ2n) is 5.05. The van der Waals surface area contributed by atoms with Crippen molar-refractivity contribution in [3.63, 3.8) is 0 Å². The predicted octanol–water partition coefficient (Wildman–Crippen LogP) is 4.80. The lowest BCUT2D eigenvalue weighted by atomic mass is 10.1. The van der Waals surface area contributed by atoms with Crippen molar-refractivity contribution in [1.29, 1.82) is 5.26 Å². The van der Waals surface area contributed by atoms with Gasteiger partial charge in [-0.25, -0.2) is 4.31 Å². The Hall–Kier alpha value is -2.38. The van der Waals surface area contributed by atoms with Crippen molar-refractivity contribution in [3.05, 3.63) is 53.9 Å². The van der Waals surface area contributed by atoms with E-state index in [0.29, 0.717) is 4.90 Å². The van der Waals surface area contributed by atoms with E-state index in [1.165, 1.54) is 25.5 Å². The first-order valence-electron chi connectivity index (χ1n) is 7.08. The Morgan fingerprint density at radius 1 is 1.19 bits per heavy atom. The lowest BCUT2D eigenvalue weighted by Crippen LogP contribution is -2.31. The molecule has 0 radical (unpaired) electrons. The van der Waals surface area contributed by atoms with Gasteiger partial charge in [-0.05, 0) is 42.8 Å². The van der Waals surface area contributed by atoms with E-state index in [0.717, 1.165) is 40.5 Å². The van der Waals surface area contributed by atoms with Crippen LogP contribution < -0.4 is 4.74 Å². The van der Waals surface area contributed by atoms with Gasteiger partial charge in [0.25, 0.3) is 0 Å². The molecule has 4 nitrogen and oxygen atoms in total. The molecule has 1 heterocycles. The SMILES string of the molecule is CN(Sc1cncc(C#N)c1)C(c1ccc(OC(F)F)cc1)C(F)(F)F. The Labute approximate surface area is 150 Å². The number of benzene rings is 1. The van der Waals surface area contributed by atoms with Crippen LogP contribution in [-0.2, 0) is 0 Å². The molecule has 138 valence electrons. The van der Waals surface area contributed by atoms with Gasteiger partial charge in [-0.3, -0.25) is 4.98 Å². The zero-order chi connectivity index (χ0) is 19.3. The second kappa shape index (κ2) is 8.33. The van der Waals surface area contributed by atoms with Crippen LogP contribution in [0.1, 0.15) is 17.2 Å². The Morgan fingerprint density at radius 2 is 1.85 bits per heavy atom. The molecule has 1 aromatic heterocycles. The molecular formula is C16H12F5N3OS. The number of ether oxygens (including phenoxy) is 1. The molecule has 0 saturated heterocycles. The molecule has 2 rings (SSSR count). The number of nitriles is 1. The van der Waals surface area contributed by atoms with Crippen LogP contribution in [0, 0.1) is 11.3 Å². The van der Waals surface area contributed by atoms with Crippen molar-refractivity contribution in [2.75, 3.05) is 7.05 Å². The van der Waals surface area contributed by atoms with Crippen LogP contribution in [0.2, 0.25) is 0 Å². The lowest BCUT2D eigenvalue weighted by Gasteiger charge is -2.29. The summed E-state index contributed by atoms with van der Waals surface area (Å²) < 4.78 is 70.0. The third-order valence-corrected chi connectivity index (χ3v) is 4.12. The average Bonchev–Trinajstić information content (AvgIpc) is 2.55. The fraction of sp³-hybridized carbons (Fsp3) is 0.250. The standard InChI is InChI=1S/C16H12F5N3OS/c1-24(26-13-6-10(7-22)8-23-9-13)14(16(19,20)21)11-2-4-12(5-3-11)25-15(17)18/h2-6,8-9,14-15H,1H3. The maximum atomic E-state index is 13.5. The van der Waals surface area contributed by atoms with Crippen molar-refractivity contribution in [3.8, 4) is 11.8 Å².